The lowest BCUT2D eigenvalue weighted by atomic mass is 10.2. The van der Waals surface area contributed by atoms with E-state index in [-0.39, 0.29) is 24.4 Å². The van der Waals surface area contributed by atoms with E-state index in [1.54, 1.807) is 23.7 Å². The zero-order valence-corrected chi connectivity index (χ0v) is 16.2. The second-order valence-corrected chi connectivity index (χ2v) is 7.98. The van der Waals surface area contributed by atoms with Gasteiger partial charge in [-0.1, -0.05) is 47.4 Å². The lowest BCUT2D eigenvalue weighted by molar-refractivity contribution is -0.116. The molecule has 0 bridgehead atoms. The molecular formula is C19H15N5O2S2. The molecule has 0 radical (unpaired) electrons. The van der Waals surface area contributed by atoms with E-state index in [1.165, 1.54) is 34.0 Å². The van der Waals surface area contributed by atoms with E-state index in [0.29, 0.717) is 16.6 Å². The van der Waals surface area contributed by atoms with Crippen LogP contribution in [0.15, 0.2) is 74.4 Å². The zero-order chi connectivity index (χ0) is 19.3. The molecule has 0 aliphatic rings. The highest BCUT2D eigenvalue weighted by Crippen LogP contribution is 2.33. The topological polar surface area (TPSA) is 89.8 Å². The van der Waals surface area contributed by atoms with Crippen molar-refractivity contribution in [2.45, 2.75) is 22.2 Å². The van der Waals surface area contributed by atoms with Crippen molar-refractivity contribution in [1.82, 2.24) is 19.7 Å². The molecule has 28 heavy (non-hydrogen) atoms. The van der Waals surface area contributed by atoms with E-state index < -0.39 is 0 Å². The second kappa shape index (κ2) is 8.32. The van der Waals surface area contributed by atoms with Gasteiger partial charge in [-0.2, -0.15) is 0 Å². The number of nitrogens with one attached hydrogen (secondary N) is 1. The summed E-state index contributed by atoms with van der Waals surface area (Å²) in [5, 5.41) is 11.3. The Bertz CT molecular complexity index is 1170. The van der Waals surface area contributed by atoms with Gasteiger partial charge in [0.1, 0.15) is 5.51 Å². The molecule has 0 fully saturated rings. The van der Waals surface area contributed by atoms with Crippen molar-refractivity contribution in [3.8, 4) is 0 Å². The van der Waals surface area contributed by atoms with Crippen molar-refractivity contribution < 1.29 is 4.79 Å². The van der Waals surface area contributed by atoms with Crippen LogP contribution < -0.4 is 10.9 Å². The number of aryl methyl sites for hydroxylation is 1. The third-order valence-electron chi connectivity index (χ3n) is 4.01. The Morgan fingerprint density at radius 1 is 1.14 bits per heavy atom. The first-order chi connectivity index (χ1) is 13.7. The summed E-state index contributed by atoms with van der Waals surface area (Å²) in [6.45, 7) is 0.258. The molecule has 2 aromatic heterocycles. The van der Waals surface area contributed by atoms with Crippen LogP contribution >= 0.6 is 23.1 Å². The van der Waals surface area contributed by atoms with Crippen LogP contribution in [-0.4, -0.2) is 25.7 Å². The summed E-state index contributed by atoms with van der Waals surface area (Å²) < 4.78 is 2.26. The summed E-state index contributed by atoms with van der Waals surface area (Å²) in [4.78, 5) is 30.1. The lowest BCUT2D eigenvalue weighted by Gasteiger charge is -2.10. The summed E-state index contributed by atoms with van der Waals surface area (Å²) >= 11 is 2.88. The highest BCUT2D eigenvalue weighted by Gasteiger charge is 2.11. The summed E-state index contributed by atoms with van der Waals surface area (Å²) in [6.07, 6.45) is 1.65. The predicted molar refractivity (Wildman–Crippen MR) is 110 cm³/mol. The van der Waals surface area contributed by atoms with E-state index >= 15 is 0 Å². The van der Waals surface area contributed by atoms with Crippen LogP contribution in [0.25, 0.3) is 10.9 Å². The van der Waals surface area contributed by atoms with Gasteiger partial charge in [-0.05, 0) is 24.3 Å². The van der Waals surface area contributed by atoms with Crippen molar-refractivity contribution in [2.24, 2.45) is 0 Å². The molecule has 2 heterocycles. The summed E-state index contributed by atoms with van der Waals surface area (Å²) in [6, 6.07) is 14.7. The van der Waals surface area contributed by atoms with Gasteiger partial charge in [0.05, 0.1) is 22.9 Å². The van der Waals surface area contributed by atoms with E-state index in [2.05, 4.69) is 20.5 Å². The van der Waals surface area contributed by atoms with Gasteiger partial charge in [0, 0.05) is 17.9 Å². The Morgan fingerprint density at radius 2 is 1.96 bits per heavy atom. The minimum absolute atomic E-state index is 0.148. The number of nitrogens with zero attached hydrogens (tertiary/aromatic N) is 4. The molecule has 140 valence electrons. The average Bonchev–Trinajstić information content (AvgIpc) is 3.22. The molecular weight excluding hydrogens is 394 g/mol. The molecule has 0 spiro atoms. The van der Waals surface area contributed by atoms with Gasteiger partial charge in [0.25, 0.3) is 5.56 Å². The molecule has 9 heteroatoms. The van der Waals surface area contributed by atoms with Crippen LogP contribution in [0.3, 0.4) is 0 Å². The fraction of sp³-hybridized carbons (Fsp3) is 0.105. The first-order valence-corrected chi connectivity index (χ1v) is 10.2. The van der Waals surface area contributed by atoms with Gasteiger partial charge < -0.3 is 5.32 Å². The van der Waals surface area contributed by atoms with Crippen LogP contribution in [0.5, 0.6) is 0 Å². The van der Waals surface area contributed by atoms with Gasteiger partial charge in [0.15, 0.2) is 4.34 Å². The van der Waals surface area contributed by atoms with Gasteiger partial charge in [-0.15, -0.1) is 10.2 Å². The molecule has 0 saturated carbocycles. The first kappa shape index (κ1) is 18.3. The maximum atomic E-state index is 12.5. The molecule has 4 rings (SSSR count). The Kier molecular flexibility index (Phi) is 5.45. The Balaban J connectivity index is 1.44. The van der Waals surface area contributed by atoms with Crippen molar-refractivity contribution in [3.05, 3.63) is 70.7 Å². The number of rotatable bonds is 6. The van der Waals surface area contributed by atoms with Gasteiger partial charge >= 0.3 is 0 Å². The number of carbonyl (C=O) groups is 1. The molecule has 1 N–H and O–H groups in total. The standard InChI is InChI=1S/C19H15N5O2S2/c25-17(9-10-24-11-20-14-6-2-1-5-13(14)18(24)26)22-15-7-3-4-8-16(15)28-19-23-21-12-27-19/h1-8,11-12H,9-10H2,(H,22,25). The predicted octanol–water partition coefficient (Wildman–Crippen LogP) is 3.43. The van der Waals surface area contributed by atoms with Crippen LogP contribution in [-0.2, 0) is 11.3 Å². The number of aromatic nitrogens is 4. The number of amides is 1. The molecule has 4 aromatic rings. The molecule has 0 aliphatic carbocycles. The normalized spacial score (nSPS) is 10.9. The number of para-hydroxylation sites is 2. The molecule has 7 nitrogen and oxygen atoms in total. The van der Waals surface area contributed by atoms with E-state index in [1.807, 2.05) is 30.3 Å². The van der Waals surface area contributed by atoms with Gasteiger partial charge in [-0.3, -0.25) is 14.2 Å². The Labute approximate surface area is 168 Å². The SMILES string of the molecule is O=C(CCn1cnc2ccccc2c1=O)Nc1ccccc1Sc1nncs1. The monoisotopic (exact) mass is 409 g/mol. The van der Waals surface area contributed by atoms with E-state index in [0.717, 1.165) is 9.24 Å². The van der Waals surface area contributed by atoms with Crippen molar-refractivity contribution in [2.75, 3.05) is 5.32 Å². The van der Waals surface area contributed by atoms with Crippen LogP contribution in [0.4, 0.5) is 5.69 Å². The number of carbonyl (C=O) groups excluding carboxylic acids is 1. The summed E-state index contributed by atoms with van der Waals surface area (Å²) in [5.74, 6) is -0.176. The maximum absolute atomic E-state index is 12.5. The fourth-order valence-electron chi connectivity index (χ4n) is 2.66. The van der Waals surface area contributed by atoms with E-state index in [9.17, 15) is 9.59 Å². The Morgan fingerprint density at radius 3 is 2.82 bits per heavy atom. The lowest BCUT2D eigenvalue weighted by Crippen LogP contribution is -2.23. The molecule has 0 aliphatic heterocycles. The molecule has 0 saturated heterocycles. The van der Waals surface area contributed by atoms with E-state index in [4.69, 9.17) is 0 Å². The minimum Gasteiger partial charge on any atom is -0.325 e. The zero-order valence-electron chi connectivity index (χ0n) is 14.6. The largest absolute Gasteiger partial charge is 0.325 e. The number of hydrogen-bond donors (Lipinski definition) is 1. The molecule has 0 atom stereocenters. The first-order valence-electron chi connectivity index (χ1n) is 8.48. The number of hydrogen-bond acceptors (Lipinski definition) is 7. The van der Waals surface area contributed by atoms with Gasteiger partial charge in [-0.25, -0.2) is 4.98 Å². The minimum atomic E-state index is -0.176. The highest BCUT2D eigenvalue weighted by molar-refractivity contribution is 8.01. The highest BCUT2D eigenvalue weighted by atomic mass is 32.2. The van der Waals surface area contributed by atoms with Crippen molar-refractivity contribution in [3.63, 3.8) is 0 Å². The maximum Gasteiger partial charge on any atom is 0.261 e. The smallest absolute Gasteiger partial charge is 0.261 e. The quantitative estimate of drug-likeness (QED) is 0.525. The van der Waals surface area contributed by atoms with Crippen LogP contribution in [0.2, 0.25) is 0 Å². The summed E-state index contributed by atoms with van der Waals surface area (Å²) in [5.41, 5.74) is 2.87. The van der Waals surface area contributed by atoms with Crippen molar-refractivity contribution in [1.29, 1.82) is 0 Å². The number of fused-ring (bicyclic) bond motifs is 1. The third kappa shape index (κ3) is 4.10. The Hall–Kier alpha value is -3.04. The number of benzene rings is 2. The third-order valence-corrected chi connectivity index (χ3v) is 5.86. The van der Waals surface area contributed by atoms with Crippen LogP contribution in [0.1, 0.15) is 6.42 Å². The van der Waals surface area contributed by atoms with Gasteiger partial charge in [0.2, 0.25) is 5.91 Å². The molecule has 2 aromatic carbocycles. The average molecular weight is 409 g/mol. The fourth-order valence-corrected chi connectivity index (χ4v) is 4.18. The number of anilines is 1. The van der Waals surface area contributed by atoms with Crippen molar-refractivity contribution >= 4 is 45.6 Å². The second-order valence-electron chi connectivity index (χ2n) is 5.86. The molecule has 1 amide bonds. The summed E-state index contributed by atoms with van der Waals surface area (Å²) in [7, 11) is 0. The molecule has 0 unspecified atom stereocenters. The van der Waals surface area contributed by atoms with Crippen LogP contribution in [0, 0.1) is 0 Å².